The molecule has 0 bridgehead atoms. The van der Waals surface area contributed by atoms with Crippen LogP contribution in [0.1, 0.15) is 32.5 Å². The summed E-state index contributed by atoms with van der Waals surface area (Å²) in [6.45, 7) is 3.56. The molecule has 0 aliphatic heterocycles. The van der Waals surface area contributed by atoms with E-state index in [1.54, 1.807) is 25.1 Å². The average molecular weight is 324 g/mol. The van der Waals surface area contributed by atoms with Gasteiger partial charge in [-0.25, -0.2) is 4.79 Å². The van der Waals surface area contributed by atoms with E-state index in [0.29, 0.717) is 10.4 Å². The maximum atomic E-state index is 12.3. The van der Waals surface area contributed by atoms with E-state index in [-0.39, 0.29) is 5.78 Å². The number of hydrogen-bond donors (Lipinski definition) is 0. The van der Waals surface area contributed by atoms with Gasteiger partial charge in [-0.3, -0.25) is 4.79 Å². The molecule has 0 N–H and O–H groups in total. The van der Waals surface area contributed by atoms with Gasteiger partial charge >= 0.3 is 5.97 Å². The van der Waals surface area contributed by atoms with Gasteiger partial charge in [0.2, 0.25) is 5.78 Å². The van der Waals surface area contributed by atoms with Gasteiger partial charge in [0, 0.05) is 10.3 Å². The molecule has 3 aromatic rings. The predicted molar refractivity (Wildman–Crippen MR) is 92.2 cm³/mol. The Morgan fingerprint density at radius 2 is 1.74 bits per heavy atom. The number of thiophene rings is 1. The smallest absolute Gasteiger partial charge is 0.349 e. The number of benzene rings is 2. The highest BCUT2D eigenvalue weighted by Crippen LogP contribution is 2.26. The Morgan fingerprint density at radius 3 is 2.43 bits per heavy atom. The lowest BCUT2D eigenvalue weighted by Crippen LogP contribution is -2.24. The van der Waals surface area contributed by atoms with Crippen LogP contribution in [0.2, 0.25) is 0 Å². The first kappa shape index (κ1) is 15.4. The number of esters is 1. The van der Waals surface area contributed by atoms with Crippen molar-refractivity contribution in [3.05, 3.63) is 70.6 Å². The van der Waals surface area contributed by atoms with Crippen molar-refractivity contribution in [2.75, 3.05) is 0 Å². The molecule has 1 atom stereocenters. The van der Waals surface area contributed by atoms with Gasteiger partial charge in [0.1, 0.15) is 4.88 Å². The molecule has 0 aliphatic rings. The van der Waals surface area contributed by atoms with Crippen molar-refractivity contribution in [3.63, 3.8) is 0 Å². The third-order valence-electron chi connectivity index (χ3n) is 3.62. The van der Waals surface area contributed by atoms with Gasteiger partial charge < -0.3 is 4.74 Å². The lowest BCUT2D eigenvalue weighted by Gasteiger charge is -2.11. The van der Waals surface area contributed by atoms with Gasteiger partial charge in [-0.2, -0.15) is 0 Å². The number of Topliss-reactive ketones (excluding diaryl/α,β-unsaturated/α-hetero) is 1. The van der Waals surface area contributed by atoms with Crippen LogP contribution in [0, 0.1) is 6.92 Å². The van der Waals surface area contributed by atoms with Crippen LogP contribution in [0.25, 0.3) is 10.1 Å². The van der Waals surface area contributed by atoms with E-state index in [1.807, 2.05) is 43.3 Å². The van der Waals surface area contributed by atoms with Crippen LogP contribution in [0.5, 0.6) is 0 Å². The van der Waals surface area contributed by atoms with E-state index in [2.05, 4.69) is 0 Å². The first-order valence-electron chi connectivity index (χ1n) is 7.35. The molecule has 3 rings (SSSR count). The van der Waals surface area contributed by atoms with Crippen LogP contribution in [0.4, 0.5) is 0 Å². The fraction of sp³-hybridized carbons (Fsp3) is 0.158. The normalized spacial score (nSPS) is 12.1. The molecule has 0 fully saturated rings. The molecule has 3 nitrogen and oxygen atoms in total. The number of rotatable bonds is 4. The van der Waals surface area contributed by atoms with Gasteiger partial charge in [0.15, 0.2) is 6.10 Å². The zero-order chi connectivity index (χ0) is 16.4. The van der Waals surface area contributed by atoms with Gasteiger partial charge in [0.05, 0.1) is 0 Å². The van der Waals surface area contributed by atoms with Gasteiger partial charge in [-0.05, 0) is 31.4 Å². The lowest BCUT2D eigenvalue weighted by molar-refractivity contribution is 0.0323. The quantitative estimate of drug-likeness (QED) is 0.519. The number of carbonyl (C=O) groups is 2. The second-order valence-corrected chi connectivity index (χ2v) is 6.51. The van der Waals surface area contributed by atoms with Crippen molar-refractivity contribution in [1.29, 1.82) is 0 Å². The third-order valence-corrected chi connectivity index (χ3v) is 4.71. The molecule has 0 saturated carbocycles. The largest absolute Gasteiger partial charge is 0.450 e. The molecular weight excluding hydrogens is 308 g/mol. The maximum Gasteiger partial charge on any atom is 0.349 e. The Kier molecular flexibility index (Phi) is 4.26. The molecule has 23 heavy (non-hydrogen) atoms. The minimum absolute atomic E-state index is 0.195. The number of aryl methyl sites for hydroxylation is 1. The van der Waals surface area contributed by atoms with Crippen molar-refractivity contribution >= 4 is 33.2 Å². The number of ketones is 1. The molecule has 0 amide bonds. The highest BCUT2D eigenvalue weighted by molar-refractivity contribution is 7.20. The summed E-state index contributed by atoms with van der Waals surface area (Å²) in [5.74, 6) is -0.654. The first-order valence-corrected chi connectivity index (χ1v) is 8.16. The Morgan fingerprint density at radius 1 is 1.04 bits per heavy atom. The summed E-state index contributed by atoms with van der Waals surface area (Å²) in [6, 6.07) is 16.8. The van der Waals surface area contributed by atoms with E-state index in [0.717, 1.165) is 15.6 Å². The summed E-state index contributed by atoms with van der Waals surface area (Å²) in [5, 5.41) is 1.00. The fourth-order valence-corrected chi connectivity index (χ4v) is 3.25. The van der Waals surface area contributed by atoms with Crippen LogP contribution >= 0.6 is 11.3 Å². The molecule has 0 spiro atoms. The minimum atomic E-state index is -0.810. The average Bonchev–Trinajstić information content (AvgIpc) is 2.99. The summed E-state index contributed by atoms with van der Waals surface area (Å²) >= 11 is 1.37. The second-order valence-electron chi connectivity index (χ2n) is 5.43. The molecule has 0 unspecified atom stereocenters. The van der Waals surface area contributed by atoms with Crippen molar-refractivity contribution in [3.8, 4) is 0 Å². The third kappa shape index (κ3) is 3.32. The molecule has 1 heterocycles. The zero-order valence-corrected chi connectivity index (χ0v) is 13.7. The standard InChI is InChI=1S/C19H16O3S/c1-12-7-9-14(10-8-12)18(20)13(2)22-19(21)17-11-15-5-3-4-6-16(15)23-17/h3-11,13H,1-2H3/t13-/m1/s1. The molecule has 1 aromatic heterocycles. The van der Waals surface area contributed by atoms with Gasteiger partial charge in [-0.1, -0.05) is 48.0 Å². The topological polar surface area (TPSA) is 43.4 Å². The molecule has 116 valence electrons. The Labute approximate surface area is 138 Å². The van der Waals surface area contributed by atoms with E-state index in [9.17, 15) is 9.59 Å². The monoisotopic (exact) mass is 324 g/mol. The number of hydrogen-bond acceptors (Lipinski definition) is 4. The van der Waals surface area contributed by atoms with Crippen molar-refractivity contribution in [2.24, 2.45) is 0 Å². The SMILES string of the molecule is Cc1ccc(C(=O)[C@@H](C)OC(=O)c2cc3ccccc3s2)cc1. The number of carbonyl (C=O) groups excluding carboxylic acids is 2. The van der Waals surface area contributed by atoms with Crippen molar-refractivity contribution in [2.45, 2.75) is 20.0 Å². The Bertz CT molecular complexity index is 829. The molecular formula is C19H16O3S. The van der Waals surface area contributed by atoms with Crippen molar-refractivity contribution < 1.29 is 14.3 Å². The predicted octanol–water partition coefficient (Wildman–Crippen LogP) is 4.64. The summed E-state index contributed by atoms with van der Waals surface area (Å²) in [7, 11) is 0. The van der Waals surface area contributed by atoms with E-state index >= 15 is 0 Å². The molecule has 2 aromatic carbocycles. The van der Waals surface area contributed by atoms with Crippen LogP contribution < -0.4 is 0 Å². The summed E-state index contributed by atoms with van der Waals surface area (Å²) in [4.78, 5) is 25.1. The molecule has 0 saturated heterocycles. The molecule has 0 radical (unpaired) electrons. The minimum Gasteiger partial charge on any atom is -0.450 e. The van der Waals surface area contributed by atoms with Crippen LogP contribution in [0.15, 0.2) is 54.6 Å². The molecule has 0 aliphatic carbocycles. The summed E-state index contributed by atoms with van der Waals surface area (Å²) in [5.41, 5.74) is 1.63. The summed E-state index contributed by atoms with van der Waals surface area (Å²) < 4.78 is 6.36. The highest BCUT2D eigenvalue weighted by atomic mass is 32.1. The maximum absolute atomic E-state index is 12.3. The van der Waals surface area contributed by atoms with Gasteiger partial charge in [-0.15, -0.1) is 11.3 Å². The van der Waals surface area contributed by atoms with Gasteiger partial charge in [0.25, 0.3) is 0 Å². The second kappa shape index (κ2) is 6.34. The zero-order valence-electron chi connectivity index (χ0n) is 12.9. The Hall–Kier alpha value is -2.46. The highest BCUT2D eigenvalue weighted by Gasteiger charge is 2.21. The number of ether oxygens (including phenoxy) is 1. The molecule has 4 heteroatoms. The Balaban J connectivity index is 1.73. The van der Waals surface area contributed by atoms with E-state index < -0.39 is 12.1 Å². The van der Waals surface area contributed by atoms with Crippen LogP contribution in [-0.4, -0.2) is 17.9 Å². The first-order chi connectivity index (χ1) is 11.0. The van der Waals surface area contributed by atoms with E-state index in [4.69, 9.17) is 4.74 Å². The number of fused-ring (bicyclic) bond motifs is 1. The van der Waals surface area contributed by atoms with Crippen LogP contribution in [0.3, 0.4) is 0 Å². The van der Waals surface area contributed by atoms with Crippen molar-refractivity contribution in [1.82, 2.24) is 0 Å². The lowest BCUT2D eigenvalue weighted by atomic mass is 10.1. The van der Waals surface area contributed by atoms with Crippen LogP contribution in [-0.2, 0) is 4.74 Å². The van der Waals surface area contributed by atoms with E-state index in [1.165, 1.54) is 11.3 Å². The fourth-order valence-electron chi connectivity index (χ4n) is 2.31. The summed E-state index contributed by atoms with van der Waals surface area (Å²) in [6.07, 6.45) is -0.810.